The van der Waals surface area contributed by atoms with Crippen LogP contribution in [-0.2, 0) is 6.54 Å². The number of nitrogens with one attached hydrogen (secondary N) is 2. The molecule has 25 heavy (non-hydrogen) atoms. The summed E-state index contributed by atoms with van der Waals surface area (Å²) in [5.41, 5.74) is 0.457. The second-order valence-electron chi connectivity index (χ2n) is 5.87. The molecule has 134 valence electrons. The average molecular weight is 362 g/mol. The van der Waals surface area contributed by atoms with Crippen molar-refractivity contribution >= 4 is 29.2 Å². The molecule has 0 aliphatic carbocycles. The third-order valence-electron chi connectivity index (χ3n) is 3.10. The van der Waals surface area contributed by atoms with Gasteiger partial charge < -0.3 is 4.74 Å². The topological polar surface area (TPSA) is 94.0 Å². The van der Waals surface area contributed by atoms with E-state index in [0.717, 1.165) is 6.42 Å². The standard InChI is InChI=1S/C16H22N6O2S/c1-4-8-22-15(19-20-21-22)18-16(25)17-14(23)12-6-5-7-13(9-12)24-10-11(2)3/h5-7,9,11H,4,8,10H2,1-3H3,(H2,17,18,19,21,23,25). The van der Waals surface area contributed by atoms with Gasteiger partial charge in [-0.3, -0.25) is 15.4 Å². The molecular weight excluding hydrogens is 340 g/mol. The van der Waals surface area contributed by atoms with Gasteiger partial charge in [0.2, 0.25) is 5.95 Å². The zero-order valence-electron chi connectivity index (χ0n) is 14.5. The highest BCUT2D eigenvalue weighted by Crippen LogP contribution is 2.14. The highest BCUT2D eigenvalue weighted by molar-refractivity contribution is 7.80. The van der Waals surface area contributed by atoms with Gasteiger partial charge in [0.05, 0.1) is 6.61 Å². The number of ether oxygens (including phenoxy) is 1. The Morgan fingerprint density at radius 3 is 2.92 bits per heavy atom. The summed E-state index contributed by atoms with van der Waals surface area (Å²) in [6.45, 7) is 7.38. The van der Waals surface area contributed by atoms with E-state index in [4.69, 9.17) is 17.0 Å². The lowest BCUT2D eigenvalue weighted by Crippen LogP contribution is -2.35. The smallest absolute Gasteiger partial charge is 0.257 e. The Hall–Kier alpha value is -2.55. The molecule has 2 rings (SSSR count). The first kappa shape index (κ1) is 18.8. The summed E-state index contributed by atoms with van der Waals surface area (Å²) in [5, 5.41) is 16.8. The fourth-order valence-corrected chi connectivity index (χ4v) is 2.14. The van der Waals surface area contributed by atoms with Gasteiger partial charge in [0, 0.05) is 12.1 Å². The number of amides is 1. The number of carbonyl (C=O) groups excluding carboxylic acids is 1. The van der Waals surface area contributed by atoms with Gasteiger partial charge in [-0.05, 0) is 53.2 Å². The fourth-order valence-electron chi connectivity index (χ4n) is 1.95. The van der Waals surface area contributed by atoms with Gasteiger partial charge in [0.1, 0.15) is 5.75 Å². The van der Waals surface area contributed by atoms with Crippen molar-refractivity contribution in [2.24, 2.45) is 5.92 Å². The lowest BCUT2D eigenvalue weighted by Gasteiger charge is -2.11. The molecule has 0 atom stereocenters. The van der Waals surface area contributed by atoms with E-state index in [1.807, 2.05) is 13.0 Å². The fraction of sp³-hybridized carbons (Fsp3) is 0.438. The lowest BCUT2D eigenvalue weighted by atomic mass is 10.2. The maximum atomic E-state index is 12.3. The molecule has 0 aliphatic heterocycles. The van der Waals surface area contributed by atoms with Gasteiger partial charge in [0.25, 0.3) is 5.91 Å². The zero-order chi connectivity index (χ0) is 18.2. The van der Waals surface area contributed by atoms with E-state index in [1.165, 1.54) is 0 Å². The number of tetrazole rings is 1. The Labute approximate surface area is 151 Å². The van der Waals surface area contributed by atoms with Gasteiger partial charge in [-0.25, -0.2) is 4.68 Å². The van der Waals surface area contributed by atoms with Crippen LogP contribution < -0.4 is 15.4 Å². The highest BCUT2D eigenvalue weighted by Gasteiger charge is 2.12. The molecule has 9 heteroatoms. The summed E-state index contributed by atoms with van der Waals surface area (Å²) < 4.78 is 7.21. The van der Waals surface area contributed by atoms with Crippen LogP contribution in [0.15, 0.2) is 24.3 Å². The van der Waals surface area contributed by atoms with Crippen molar-refractivity contribution < 1.29 is 9.53 Å². The minimum atomic E-state index is -0.331. The number of rotatable bonds is 7. The van der Waals surface area contributed by atoms with E-state index in [9.17, 15) is 4.79 Å². The Balaban J connectivity index is 1.95. The first-order chi connectivity index (χ1) is 12.0. The summed E-state index contributed by atoms with van der Waals surface area (Å²) in [6, 6.07) is 6.96. The van der Waals surface area contributed by atoms with Crippen molar-refractivity contribution in [2.45, 2.75) is 33.7 Å². The van der Waals surface area contributed by atoms with E-state index < -0.39 is 0 Å². The molecule has 0 saturated carbocycles. The largest absolute Gasteiger partial charge is 0.493 e. The first-order valence-electron chi connectivity index (χ1n) is 8.11. The number of benzene rings is 1. The molecule has 1 heterocycles. The van der Waals surface area contributed by atoms with Crippen molar-refractivity contribution in [2.75, 3.05) is 11.9 Å². The van der Waals surface area contributed by atoms with Crippen LogP contribution >= 0.6 is 12.2 Å². The number of carbonyl (C=O) groups is 1. The van der Waals surface area contributed by atoms with E-state index >= 15 is 0 Å². The second-order valence-corrected chi connectivity index (χ2v) is 6.27. The molecular formula is C16H22N6O2S. The first-order valence-corrected chi connectivity index (χ1v) is 8.51. The molecule has 0 radical (unpaired) electrons. The number of nitrogens with zero attached hydrogens (tertiary/aromatic N) is 4. The summed E-state index contributed by atoms with van der Waals surface area (Å²) >= 11 is 5.16. The van der Waals surface area contributed by atoms with Gasteiger partial charge in [-0.15, -0.1) is 0 Å². The summed E-state index contributed by atoms with van der Waals surface area (Å²) in [4.78, 5) is 12.3. The number of aromatic nitrogens is 4. The second kappa shape index (κ2) is 9.07. The number of aryl methyl sites for hydroxylation is 1. The summed E-state index contributed by atoms with van der Waals surface area (Å²) in [5.74, 6) is 1.11. The number of hydrogen-bond acceptors (Lipinski definition) is 6. The minimum Gasteiger partial charge on any atom is -0.493 e. The Bertz CT molecular complexity index is 731. The predicted molar refractivity (Wildman–Crippen MR) is 98.6 cm³/mol. The van der Waals surface area contributed by atoms with Gasteiger partial charge >= 0.3 is 0 Å². The molecule has 0 spiro atoms. The van der Waals surface area contributed by atoms with Crippen molar-refractivity contribution in [3.8, 4) is 5.75 Å². The third kappa shape index (κ3) is 5.79. The minimum absolute atomic E-state index is 0.130. The molecule has 2 N–H and O–H groups in total. The SMILES string of the molecule is CCCn1nnnc1NC(=S)NC(=O)c1cccc(OCC(C)C)c1. The van der Waals surface area contributed by atoms with Crippen molar-refractivity contribution in [3.63, 3.8) is 0 Å². The number of hydrogen-bond donors (Lipinski definition) is 2. The van der Waals surface area contributed by atoms with Gasteiger partial charge in [0.15, 0.2) is 5.11 Å². The Morgan fingerprint density at radius 1 is 1.40 bits per heavy atom. The van der Waals surface area contributed by atoms with E-state index in [0.29, 0.717) is 36.3 Å². The normalized spacial score (nSPS) is 10.6. The molecule has 0 aliphatic rings. The van der Waals surface area contributed by atoms with Gasteiger partial charge in [-0.2, -0.15) is 0 Å². The van der Waals surface area contributed by atoms with Crippen LogP contribution in [-0.4, -0.2) is 37.8 Å². The molecule has 2 aromatic rings. The average Bonchev–Trinajstić information content (AvgIpc) is 3.00. The lowest BCUT2D eigenvalue weighted by molar-refractivity contribution is 0.0977. The monoisotopic (exact) mass is 362 g/mol. The van der Waals surface area contributed by atoms with Crippen molar-refractivity contribution in [3.05, 3.63) is 29.8 Å². The van der Waals surface area contributed by atoms with Crippen LogP contribution in [0.4, 0.5) is 5.95 Å². The molecule has 1 aromatic carbocycles. The van der Waals surface area contributed by atoms with E-state index in [-0.39, 0.29) is 11.0 Å². The molecule has 0 saturated heterocycles. The van der Waals surface area contributed by atoms with Crippen LogP contribution in [0.1, 0.15) is 37.6 Å². The molecule has 0 fully saturated rings. The maximum Gasteiger partial charge on any atom is 0.257 e. The summed E-state index contributed by atoms with van der Waals surface area (Å²) in [6.07, 6.45) is 0.877. The molecule has 1 amide bonds. The van der Waals surface area contributed by atoms with Crippen LogP contribution in [0.3, 0.4) is 0 Å². The molecule has 1 aromatic heterocycles. The molecule has 0 unspecified atom stereocenters. The van der Waals surface area contributed by atoms with Crippen molar-refractivity contribution in [1.29, 1.82) is 0 Å². The Morgan fingerprint density at radius 2 is 2.20 bits per heavy atom. The predicted octanol–water partition coefficient (Wildman–Crippen LogP) is 2.24. The van der Waals surface area contributed by atoms with E-state index in [1.54, 1.807) is 22.9 Å². The maximum absolute atomic E-state index is 12.3. The quantitative estimate of drug-likeness (QED) is 0.730. The Kier molecular flexibility index (Phi) is 6.81. The van der Waals surface area contributed by atoms with Crippen LogP contribution in [0.25, 0.3) is 0 Å². The number of anilines is 1. The highest BCUT2D eigenvalue weighted by atomic mass is 32.1. The van der Waals surface area contributed by atoms with Gasteiger partial charge in [-0.1, -0.05) is 31.9 Å². The van der Waals surface area contributed by atoms with E-state index in [2.05, 4.69) is 40.0 Å². The van der Waals surface area contributed by atoms with Crippen molar-refractivity contribution in [1.82, 2.24) is 25.5 Å². The van der Waals surface area contributed by atoms with Crippen LogP contribution in [0, 0.1) is 5.92 Å². The molecule has 0 bridgehead atoms. The molecule has 8 nitrogen and oxygen atoms in total. The summed E-state index contributed by atoms with van der Waals surface area (Å²) in [7, 11) is 0. The third-order valence-corrected chi connectivity index (χ3v) is 3.30. The zero-order valence-corrected chi connectivity index (χ0v) is 15.3. The van der Waals surface area contributed by atoms with Crippen LogP contribution in [0.5, 0.6) is 5.75 Å². The van der Waals surface area contributed by atoms with Crippen LogP contribution in [0.2, 0.25) is 0 Å². The number of thiocarbonyl (C=S) groups is 1.